The molecule has 0 saturated heterocycles. The number of hydrogen-bond donors (Lipinski definition) is 1. The van der Waals surface area contributed by atoms with Crippen LogP contribution in [0.15, 0.2) is 28.7 Å². The van der Waals surface area contributed by atoms with Gasteiger partial charge in [0.2, 0.25) is 0 Å². The minimum Gasteiger partial charge on any atom is -0.378 e. The molecule has 1 N–H and O–H groups in total. The molecule has 4 heteroatoms. The third-order valence-corrected chi connectivity index (χ3v) is 3.36. The normalized spacial score (nSPS) is 10.6. The van der Waals surface area contributed by atoms with Crippen LogP contribution in [-0.2, 0) is 13.6 Å². The summed E-state index contributed by atoms with van der Waals surface area (Å²) in [6.07, 6.45) is 0. The van der Waals surface area contributed by atoms with Gasteiger partial charge >= 0.3 is 0 Å². The van der Waals surface area contributed by atoms with Crippen LogP contribution in [0, 0.1) is 13.8 Å². The Bertz CT molecular complexity index is 531. The first-order chi connectivity index (χ1) is 8.08. The standard InChI is InChI=1S/C13H16BrN3/c1-9-13(10(2)17(3)16-9)15-8-11-5-4-6-12(14)7-11/h4-7,15H,8H2,1-3H3. The van der Waals surface area contributed by atoms with E-state index in [0.717, 1.165) is 28.1 Å². The lowest BCUT2D eigenvalue weighted by Gasteiger charge is -2.07. The van der Waals surface area contributed by atoms with Crippen LogP contribution in [0.5, 0.6) is 0 Å². The lowest BCUT2D eigenvalue weighted by Crippen LogP contribution is -2.01. The number of aryl methyl sites for hydroxylation is 2. The van der Waals surface area contributed by atoms with E-state index in [9.17, 15) is 0 Å². The van der Waals surface area contributed by atoms with Gasteiger partial charge in [0.25, 0.3) is 0 Å². The maximum absolute atomic E-state index is 4.39. The van der Waals surface area contributed by atoms with Gasteiger partial charge in [-0.25, -0.2) is 0 Å². The number of nitrogens with one attached hydrogen (secondary N) is 1. The van der Waals surface area contributed by atoms with Crippen molar-refractivity contribution in [3.05, 3.63) is 45.7 Å². The Balaban J connectivity index is 2.12. The lowest BCUT2D eigenvalue weighted by molar-refractivity contribution is 0.731. The molecule has 90 valence electrons. The molecule has 0 aliphatic carbocycles. The van der Waals surface area contributed by atoms with E-state index in [-0.39, 0.29) is 0 Å². The second-order valence-electron chi connectivity index (χ2n) is 4.15. The fraction of sp³-hybridized carbons (Fsp3) is 0.308. The average Bonchev–Trinajstić information content (AvgIpc) is 2.51. The molecule has 0 bridgehead atoms. The SMILES string of the molecule is Cc1nn(C)c(C)c1NCc1cccc(Br)c1. The molecular formula is C13H16BrN3. The van der Waals surface area contributed by atoms with Gasteiger partial charge in [-0.15, -0.1) is 0 Å². The molecule has 0 spiro atoms. The van der Waals surface area contributed by atoms with Crippen LogP contribution in [0.25, 0.3) is 0 Å². The van der Waals surface area contributed by atoms with E-state index in [1.165, 1.54) is 5.56 Å². The first kappa shape index (κ1) is 12.2. The lowest BCUT2D eigenvalue weighted by atomic mass is 10.2. The van der Waals surface area contributed by atoms with Crippen molar-refractivity contribution in [2.45, 2.75) is 20.4 Å². The number of halogens is 1. The summed E-state index contributed by atoms with van der Waals surface area (Å²) < 4.78 is 3.01. The molecule has 0 aliphatic rings. The van der Waals surface area contributed by atoms with Crippen molar-refractivity contribution in [2.24, 2.45) is 7.05 Å². The Hall–Kier alpha value is -1.29. The molecule has 17 heavy (non-hydrogen) atoms. The summed E-state index contributed by atoms with van der Waals surface area (Å²) in [5, 5.41) is 7.83. The largest absolute Gasteiger partial charge is 0.378 e. The molecule has 1 aromatic heterocycles. The summed E-state index contributed by atoms with van der Waals surface area (Å²) in [6.45, 7) is 4.91. The molecule has 2 rings (SSSR count). The Kier molecular flexibility index (Phi) is 3.52. The molecule has 3 nitrogen and oxygen atoms in total. The molecule has 0 aliphatic heterocycles. The molecule has 0 saturated carbocycles. The van der Waals surface area contributed by atoms with Crippen LogP contribution < -0.4 is 5.32 Å². The predicted molar refractivity (Wildman–Crippen MR) is 74.2 cm³/mol. The minimum atomic E-state index is 0.812. The van der Waals surface area contributed by atoms with Gasteiger partial charge in [0, 0.05) is 18.1 Å². The summed E-state index contributed by atoms with van der Waals surface area (Å²) in [5.41, 5.74) is 4.59. The fourth-order valence-electron chi connectivity index (χ4n) is 1.87. The third kappa shape index (κ3) is 2.69. The zero-order valence-electron chi connectivity index (χ0n) is 10.3. The Morgan fingerprint density at radius 2 is 2.12 bits per heavy atom. The quantitative estimate of drug-likeness (QED) is 0.940. The smallest absolute Gasteiger partial charge is 0.0827 e. The van der Waals surface area contributed by atoms with Gasteiger partial charge < -0.3 is 5.32 Å². The van der Waals surface area contributed by atoms with Crippen molar-refractivity contribution in [1.29, 1.82) is 0 Å². The second kappa shape index (κ2) is 4.92. The Morgan fingerprint density at radius 1 is 1.35 bits per heavy atom. The van der Waals surface area contributed by atoms with Crippen LogP contribution in [0.4, 0.5) is 5.69 Å². The van der Waals surface area contributed by atoms with E-state index in [2.05, 4.69) is 45.4 Å². The Morgan fingerprint density at radius 3 is 2.71 bits per heavy atom. The van der Waals surface area contributed by atoms with Gasteiger partial charge in [-0.2, -0.15) is 5.10 Å². The zero-order chi connectivity index (χ0) is 12.4. The monoisotopic (exact) mass is 293 g/mol. The fourth-order valence-corrected chi connectivity index (χ4v) is 2.31. The van der Waals surface area contributed by atoms with E-state index in [0.29, 0.717) is 0 Å². The summed E-state index contributed by atoms with van der Waals surface area (Å²) >= 11 is 3.48. The molecule has 1 aromatic carbocycles. The first-order valence-corrected chi connectivity index (χ1v) is 6.35. The molecule has 1 heterocycles. The van der Waals surface area contributed by atoms with E-state index in [4.69, 9.17) is 0 Å². The predicted octanol–water partition coefficient (Wildman–Crippen LogP) is 3.41. The van der Waals surface area contributed by atoms with E-state index in [1.54, 1.807) is 0 Å². The maximum Gasteiger partial charge on any atom is 0.0827 e. The number of benzene rings is 1. The minimum absolute atomic E-state index is 0.812. The molecule has 0 amide bonds. The van der Waals surface area contributed by atoms with Crippen molar-refractivity contribution >= 4 is 21.6 Å². The van der Waals surface area contributed by atoms with Crippen LogP contribution in [-0.4, -0.2) is 9.78 Å². The van der Waals surface area contributed by atoms with Gasteiger partial charge in [-0.3, -0.25) is 4.68 Å². The van der Waals surface area contributed by atoms with Gasteiger partial charge in [-0.05, 0) is 31.5 Å². The average molecular weight is 294 g/mol. The Labute approximate surface area is 110 Å². The number of anilines is 1. The van der Waals surface area contributed by atoms with Gasteiger partial charge in [0.05, 0.1) is 17.1 Å². The summed E-state index contributed by atoms with van der Waals surface area (Å²) in [5.74, 6) is 0. The topological polar surface area (TPSA) is 29.9 Å². The molecule has 0 radical (unpaired) electrons. The summed E-state index contributed by atoms with van der Waals surface area (Å²) in [7, 11) is 1.96. The number of hydrogen-bond acceptors (Lipinski definition) is 2. The van der Waals surface area contributed by atoms with Crippen LogP contribution in [0.3, 0.4) is 0 Å². The van der Waals surface area contributed by atoms with Crippen molar-refractivity contribution in [1.82, 2.24) is 9.78 Å². The number of aromatic nitrogens is 2. The molecule has 0 atom stereocenters. The van der Waals surface area contributed by atoms with E-state index in [1.807, 2.05) is 30.8 Å². The second-order valence-corrected chi connectivity index (χ2v) is 5.07. The first-order valence-electron chi connectivity index (χ1n) is 5.56. The highest BCUT2D eigenvalue weighted by atomic mass is 79.9. The summed E-state index contributed by atoms with van der Waals surface area (Å²) in [6, 6.07) is 8.31. The zero-order valence-corrected chi connectivity index (χ0v) is 11.9. The summed E-state index contributed by atoms with van der Waals surface area (Å²) in [4.78, 5) is 0. The van der Waals surface area contributed by atoms with Gasteiger partial charge in [0.1, 0.15) is 0 Å². The molecular weight excluding hydrogens is 278 g/mol. The molecule has 2 aromatic rings. The van der Waals surface area contributed by atoms with Crippen molar-refractivity contribution in [3.8, 4) is 0 Å². The van der Waals surface area contributed by atoms with Crippen LogP contribution >= 0.6 is 15.9 Å². The van der Waals surface area contributed by atoms with Crippen molar-refractivity contribution < 1.29 is 0 Å². The highest BCUT2D eigenvalue weighted by Gasteiger charge is 2.08. The highest BCUT2D eigenvalue weighted by Crippen LogP contribution is 2.20. The number of nitrogens with zero attached hydrogens (tertiary/aromatic N) is 2. The van der Waals surface area contributed by atoms with Gasteiger partial charge in [0.15, 0.2) is 0 Å². The van der Waals surface area contributed by atoms with Crippen LogP contribution in [0.1, 0.15) is 17.0 Å². The highest BCUT2D eigenvalue weighted by molar-refractivity contribution is 9.10. The maximum atomic E-state index is 4.39. The third-order valence-electron chi connectivity index (χ3n) is 2.87. The van der Waals surface area contributed by atoms with Gasteiger partial charge in [-0.1, -0.05) is 28.1 Å². The van der Waals surface area contributed by atoms with Crippen molar-refractivity contribution in [3.63, 3.8) is 0 Å². The molecule has 0 fully saturated rings. The van der Waals surface area contributed by atoms with Crippen molar-refractivity contribution in [2.75, 3.05) is 5.32 Å². The van der Waals surface area contributed by atoms with E-state index >= 15 is 0 Å². The van der Waals surface area contributed by atoms with E-state index < -0.39 is 0 Å². The number of rotatable bonds is 3. The van der Waals surface area contributed by atoms with Crippen LogP contribution in [0.2, 0.25) is 0 Å². The molecule has 0 unspecified atom stereocenters.